The van der Waals surface area contributed by atoms with E-state index in [1.54, 1.807) is 13.0 Å². The molecular formula is C15H14N2O6S. The van der Waals surface area contributed by atoms with Crippen LogP contribution in [0.2, 0.25) is 0 Å². The Balaban J connectivity index is 2.35. The van der Waals surface area contributed by atoms with Gasteiger partial charge in [-0.1, -0.05) is 6.07 Å². The lowest BCUT2D eigenvalue weighted by Crippen LogP contribution is -2.14. The van der Waals surface area contributed by atoms with Crippen LogP contribution in [0.4, 0.5) is 11.4 Å². The Morgan fingerprint density at radius 3 is 2.33 bits per heavy atom. The Morgan fingerprint density at radius 2 is 1.79 bits per heavy atom. The number of carbonyl (C=O) groups excluding carboxylic acids is 1. The van der Waals surface area contributed by atoms with Crippen LogP contribution in [0.3, 0.4) is 0 Å². The highest BCUT2D eigenvalue weighted by atomic mass is 32.2. The van der Waals surface area contributed by atoms with Crippen molar-refractivity contribution in [1.82, 2.24) is 0 Å². The van der Waals surface area contributed by atoms with Gasteiger partial charge in [-0.3, -0.25) is 14.8 Å². The number of hydrogen-bond donors (Lipinski definition) is 1. The molecule has 0 saturated heterocycles. The van der Waals surface area contributed by atoms with E-state index in [1.165, 1.54) is 19.2 Å². The Hall–Kier alpha value is -2.94. The van der Waals surface area contributed by atoms with Gasteiger partial charge in [-0.05, 0) is 36.8 Å². The summed E-state index contributed by atoms with van der Waals surface area (Å²) in [5.41, 5.74) is 0.812. The van der Waals surface area contributed by atoms with Crippen LogP contribution >= 0.6 is 0 Å². The summed E-state index contributed by atoms with van der Waals surface area (Å²) in [5, 5.41) is 10.6. The van der Waals surface area contributed by atoms with Crippen molar-refractivity contribution in [3.63, 3.8) is 0 Å². The average Bonchev–Trinajstić information content (AvgIpc) is 2.56. The van der Waals surface area contributed by atoms with E-state index in [0.29, 0.717) is 5.56 Å². The minimum atomic E-state index is -3.95. The fraction of sp³-hybridized carbons (Fsp3) is 0.133. The Bertz CT molecular complexity index is 891. The second kappa shape index (κ2) is 6.67. The molecule has 24 heavy (non-hydrogen) atoms. The molecule has 0 fully saturated rings. The van der Waals surface area contributed by atoms with Crippen LogP contribution in [0.5, 0.6) is 0 Å². The third kappa shape index (κ3) is 3.69. The van der Waals surface area contributed by atoms with E-state index in [9.17, 15) is 23.3 Å². The number of sulfonamides is 1. The number of ether oxygens (including phenoxy) is 1. The summed E-state index contributed by atoms with van der Waals surface area (Å²) in [4.78, 5) is 21.4. The number of aryl methyl sites for hydroxylation is 1. The lowest BCUT2D eigenvalue weighted by Gasteiger charge is -2.11. The molecule has 0 radical (unpaired) electrons. The number of methoxy groups -OCH3 is 1. The van der Waals surface area contributed by atoms with Crippen molar-refractivity contribution in [3.05, 3.63) is 63.7 Å². The SMILES string of the molecule is COC(=O)c1ccc(C)c(NS(=O)(=O)c2ccc([N+](=O)[O-])cc2)c1. The lowest BCUT2D eigenvalue weighted by molar-refractivity contribution is -0.384. The van der Waals surface area contributed by atoms with Crippen molar-refractivity contribution in [3.8, 4) is 0 Å². The molecule has 0 saturated carbocycles. The molecular weight excluding hydrogens is 336 g/mol. The number of esters is 1. The van der Waals surface area contributed by atoms with Gasteiger partial charge in [0.05, 0.1) is 28.2 Å². The first kappa shape index (κ1) is 17.4. The van der Waals surface area contributed by atoms with Crippen LogP contribution in [0.25, 0.3) is 0 Å². The summed E-state index contributed by atoms with van der Waals surface area (Å²) in [5.74, 6) is -0.592. The molecule has 0 amide bonds. The monoisotopic (exact) mass is 350 g/mol. The number of nitrogens with one attached hydrogen (secondary N) is 1. The third-order valence-electron chi connectivity index (χ3n) is 3.26. The molecule has 0 heterocycles. The predicted molar refractivity (Wildman–Crippen MR) is 86.4 cm³/mol. The summed E-state index contributed by atoms with van der Waals surface area (Å²) in [6.07, 6.45) is 0. The van der Waals surface area contributed by atoms with Gasteiger partial charge in [-0.25, -0.2) is 13.2 Å². The first-order chi connectivity index (χ1) is 11.2. The van der Waals surface area contributed by atoms with Crippen LogP contribution in [0.15, 0.2) is 47.4 Å². The maximum atomic E-state index is 12.4. The Kier molecular flexibility index (Phi) is 4.84. The molecule has 0 aromatic heterocycles. The molecule has 2 aromatic carbocycles. The van der Waals surface area contributed by atoms with E-state index in [2.05, 4.69) is 9.46 Å². The van der Waals surface area contributed by atoms with E-state index in [1.807, 2.05) is 0 Å². The molecule has 2 rings (SSSR count). The summed E-state index contributed by atoms with van der Waals surface area (Å²) in [6.45, 7) is 1.68. The largest absolute Gasteiger partial charge is 0.465 e. The summed E-state index contributed by atoms with van der Waals surface area (Å²) >= 11 is 0. The van der Waals surface area contributed by atoms with Crippen LogP contribution in [0, 0.1) is 17.0 Å². The summed E-state index contributed by atoms with van der Waals surface area (Å²) in [7, 11) is -2.73. The van der Waals surface area contributed by atoms with Gasteiger partial charge in [0.1, 0.15) is 0 Å². The van der Waals surface area contributed by atoms with Crippen LogP contribution in [-0.4, -0.2) is 26.4 Å². The minimum absolute atomic E-state index is 0.129. The third-order valence-corrected chi connectivity index (χ3v) is 4.64. The average molecular weight is 350 g/mol. The Morgan fingerprint density at radius 1 is 1.17 bits per heavy atom. The second-order valence-corrected chi connectivity index (χ2v) is 6.56. The quantitative estimate of drug-likeness (QED) is 0.503. The topological polar surface area (TPSA) is 116 Å². The summed E-state index contributed by atoms with van der Waals surface area (Å²) in [6, 6.07) is 8.95. The molecule has 0 aliphatic carbocycles. The van der Waals surface area contributed by atoms with Gasteiger partial charge < -0.3 is 4.74 Å². The van der Waals surface area contributed by atoms with Crippen molar-refractivity contribution in [1.29, 1.82) is 0 Å². The van der Waals surface area contributed by atoms with E-state index in [-0.39, 0.29) is 21.8 Å². The van der Waals surface area contributed by atoms with Crippen molar-refractivity contribution >= 4 is 27.4 Å². The fourth-order valence-corrected chi connectivity index (χ4v) is 3.05. The predicted octanol–water partition coefficient (Wildman–Crippen LogP) is 2.49. The maximum absolute atomic E-state index is 12.4. The van der Waals surface area contributed by atoms with E-state index in [0.717, 1.165) is 24.3 Å². The molecule has 0 bridgehead atoms. The minimum Gasteiger partial charge on any atom is -0.465 e. The normalized spacial score (nSPS) is 10.9. The zero-order chi connectivity index (χ0) is 17.9. The molecule has 0 atom stereocenters. The van der Waals surface area contributed by atoms with Gasteiger partial charge in [0.15, 0.2) is 0 Å². The van der Waals surface area contributed by atoms with Crippen molar-refractivity contribution in [2.45, 2.75) is 11.8 Å². The molecule has 9 heteroatoms. The number of hydrogen-bond acceptors (Lipinski definition) is 6. The highest BCUT2D eigenvalue weighted by Gasteiger charge is 2.18. The number of non-ortho nitro benzene ring substituents is 1. The zero-order valence-electron chi connectivity index (χ0n) is 12.8. The maximum Gasteiger partial charge on any atom is 0.337 e. The number of nitro groups is 1. The van der Waals surface area contributed by atoms with Gasteiger partial charge >= 0.3 is 5.97 Å². The van der Waals surface area contributed by atoms with Crippen molar-refractivity contribution in [2.24, 2.45) is 0 Å². The van der Waals surface area contributed by atoms with Gasteiger partial charge in [0, 0.05) is 12.1 Å². The number of carbonyl (C=O) groups is 1. The number of anilines is 1. The highest BCUT2D eigenvalue weighted by molar-refractivity contribution is 7.92. The Labute approximate surface area is 138 Å². The molecule has 2 aromatic rings. The molecule has 0 aliphatic heterocycles. The van der Waals surface area contributed by atoms with Gasteiger partial charge in [0.25, 0.3) is 15.7 Å². The van der Waals surface area contributed by atoms with Gasteiger partial charge in [0.2, 0.25) is 0 Å². The first-order valence-corrected chi connectivity index (χ1v) is 8.19. The van der Waals surface area contributed by atoms with Crippen molar-refractivity contribution in [2.75, 3.05) is 11.8 Å². The first-order valence-electron chi connectivity index (χ1n) is 6.71. The number of rotatable bonds is 5. The van der Waals surface area contributed by atoms with E-state index < -0.39 is 20.9 Å². The van der Waals surface area contributed by atoms with Gasteiger partial charge in [-0.15, -0.1) is 0 Å². The van der Waals surface area contributed by atoms with Crippen molar-refractivity contribution < 1.29 is 22.9 Å². The van der Waals surface area contributed by atoms with Gasteiger partial charge in [-0.2, -0.15) is 0 Å². The molecule has 126 valence electrons. The fourth-order valence-electron chi connectivity index (χ4n) is 1.93. The smallest absolute Gasteiger partial charge is 0.337 e. The number of nitro benzene ring substituents is 1. The van der Waals surface area contributed by atoms with E-state index in [4.69, 9.17) is 0 Å². The molecule has 0 unspecified atom stereocenters. The standard InChI is InChI=1S/C15H14N2O6S/c1-10-3-4-11(15(18)23-2)9-14(10)16-24(21,22)13-7-5-12(6-8-13)17(19)20/h3-9,16H,1-2H3. The second-order valence-electron chi connectivity index (χ2n) is 4.88. The van der Waals surface area contributed by atoms with Crippen LogP contribution in [0.1, 0.15) is 15.9 Å². The highest BCUT2D eigenvalue weighted by Crippen LogP contribution is 2.23. The molecule has 8 nitrogen and oxygen atoms in total. The molecule has 0 aliphatic rings. The molecule has 1 N–H and O–H groups in total. The van der Waals surface area contributed by atoms with Crippen LogP contribution in [-0.2, 0) is 14.8 Å². The summed E-state index contributed by atoms with van der Waals surface area (Å²) < 4.78 is 31.7. The zero-order valence-corrected chi connectivity index (χ0v) is 13.7. The lowest BCUT2D eigenvalue weighted by atomic mass is 10.1. The van der Waals surface area contributed by atoms with Crippen LogP contribution < -0.4 is 4.72 Å². The molecule has 0 spiro atoms. The number of nitrogens with zero attached hydrogens (tertiary/aromatic N) is 1. The number of benzene rings is 2. The van der Waals surface area contributed by atoms with E-state index >= 15 is 0 Å².